The van der Waals surface area contributed by atoms with Gasteiger partial charge in [-0.05, 0) is 12.8 Å². The van der Waals surface area contributed by atoms with E-state index < -0.39 is 0 Å². The van der Waals surface area contributed by atoms with E-state index in [9.17, 15) is 9.59 Å². The Bertz CT molecular complexity index is 205. The number of methoxy groups -OCH3 is 1. The van der Waals surface area contributed by atoms with Crippen molar-refractivity contribution in [2.24, 2.45) is 5.92 Å². The van der Waals surface area contributed by atoms with E-state index in [0.717, 1.165) is 19.4 Å². The number of ether oxygens (including phenoxy) is 1. The molecule has 1 aliphatic rings. The molecule has 1 rings (SSSR count). The number of carbonyl (C=O) groups is 2. The van der Waals surface area contributed by atoms with Gasteiger partial charge in [0, 0.05) is 19.5 Å². The van der Waals surface area contributed by atoms with Crippen molar-refractivity contribution >= 4 is 11.9 Å². The zero-order valence-electron chi connectivity index (χ0n) is 8.78. The summed E-state index contributed by atoms with van der Waals surface area (Å²) in [5.41, 5.74) is 0. The van der Waals surface area contributed by atoms with Crippen molar-refractivity contribution < 1.29 is 14.3 Å². The van der Waals surface area contributed by atoms with Gasteiger partial charge in [-0.3, -0.25) is 9.59 Å². The van der Waals surface area contributed by atoms with Crippen molar-refractivity contribution in [3.63, 3.8) is 0 Å². The molecule has 0 radical (unpaired) electrons. The van der Waals surface area contributed by atoms with Gasteiger partial charge < -0.3 is 9.64 Å². The van der Waals surface area contributed by atoms with E-state index >= 15 is 0 Å². The van der Waals surface area contributed by atoms with Crippen molar-refractivity contribution in [2.45, 2.75) is 26.2 Å². The van der Waals surface area contributed by atoms with Crippen LogP contribution < -0.4 is 0 Å². The minimum Gasteiger partial charge on any atom is -0.469 e. The second-order valence-electron chi connectivity index (χ2n) is 3.56. The lowest BCUT2D eigenvalue weighted by Gasteiger charge is -2.31. The Hall–Kier alpha value is -1.06. The fourth-order valence-electron chi connectivity index (χ4n) is 1.79. The molecular weight excluding hydrogens is 182 g/mol. The molecule has 1 saturated heterocycles. The maximum atomic E-state index is 11.4. The zero-order chi connectivity index (χ0) is 10.6. The molecular formula is C10H17NO3. The van der Waals surface area contributed by atoms with Crippen LogP contribution in [0.1, 0.15) is 26.2 Å². The third kappa shape index (κ3) is 2.47. The lowest BCUT2D eigenvalue weighted by atomic mass is 9.98. The first-order valence-electron chi connectivity index (χ1n) is 5.04. The zero-order valence-corrected chi connectivity index (χ0v) is 8.78. The number of nitrogens with zero attached hydrogens (tertiary/aromatic N) is 1. The summed E-state index contributed by atoms with van der Waals surface area (Å²) >= 11 is 0. The van der Waals surface area contributed by atoms with Gasteiger partial charge in [-0.15, -0.1) is 0 Å². The highest BCUT2D eigenvalue weighted by atomic mass is 16.5. The average Bonchev–Trinajstić information content (AvgIpc) is 2.27. The predicted molar refractivity (Wildman–Crippen MR) is 51.6 cm³/mol. The number of likely N-dealkylation sites (tertiary alicyclic amines) is 1. The van der Waals surface area contributed by atoms with E-state index in [2.05, 4.69) is 4.74 Å². The maximum Gasteiger partial charge on any atom is 0.310 e. The minimum atomic E-state index is -0.196. The Morgan fingerprint density at radius 2 is 2.21 bits per heavy atom. The van der Waals surface area contributed by atoms with Crippen molar-refractivity contribution in [3.05, 3.63) is 0 Å². The summed E-state index contributed by atoms with van der Waals surface area (Å²) in [6.07, 6.45) is 2.24. The molecule has 1 atom stereocenters. The van der Waals surface area contributed by atoms with Gasteiger partial charge >= 0.3 is 5.97 Å². The summed E-state index contributed by atoms with van der Waals surface area (Å²) in [6, 6.07) is 0. The van der Waals surface area contributed by atoms with Crippen LogP contribution in [0.4, 0.5) is 0 Å². The van der Waals surface area contributed by atoms with Crippen molar-refractivity contribution in [3.8, 4) is 0 Å². The van der Waals surface area contributed by atoms with Crippen molar-refractivity contribution in [2.75, 3.05) is 20.2 Å². The Labute approximate surface area is 84.2 Å². The summed E-state index contributed by atoms with van der Waals surface area (Å²) in [5, 5.41) is 0. The fourth-order valence-corrected chi connectivity index (χ4v) is 1.79. The molecule has 4 nitrogen and oxygen atoms in total. The first kappa shape index (κ1) is 11.0. The molecule has 0 aromatic rings. The van der Waals surface area contributed by atoms with Crippen LogP contribution in [-0.4, -0.2) is 37.0 Å². The minimum absolute atomic E-state index is 0.121. The standard InChI is InChI=1S/C10H17NO3/c1-3-9(12)11-6-4-5-8(7-11)10(13)14-2/h8H,3-7H2,1-2H3/t8-/m0/s1. The molecule has 14 heavy (non-hydrogen) atoms. The Kier molecular flexibility index (Phi) is 3.92. The van der Waals surface area contributed by atoms with E-state index in [1.165, 1.54) is 7.11 Å². The van der Waals surface area contributed by atoms with Crippen LogP contribution in [0.25, 0.3) is 0 Å². The van der Waals surface area contributed by atoms with Crippen LogP contribution in [0.3, 0.4) is 0 Å². The van der Waals surface area contributed by atoms with E-state index in [1.54, 1.807) is 4.90 Å². The average molecular weight is 199 g/mol. The molecule has 0 bridgehead atoms. The monoisotopic (exact) mass is 199 g/mol. The van der Waals surface area contributed by atoms with Crippen LogP contribution in [0, 0.1) is 5.92 Å². The summed E-state index contributed by atoms with van der Waals surface area (Å²) in [6.45, 7) is 3.14. The Balaban J connectivity index is 2.51. The molecule has 0 spiro atoms. The molecule has 0 unspecified atom stereocenters. The van der Waals surface area contributed by atoms with Crippen LogP contribution in [0.15, 0.2) is 0 Å². The third-order valence-electron chi connectivity index (χ3n) is 2.61. The number of esters is 1. The first-order valence-corrected chi connectivity index (χ1v) is 5.04. The normalized spacial score (nSPS) is 21.9. The number of amides is 1. The van der Waals surface area contributed by atoms with Crippen LogP contribution in [0.5, 0.6) is 0 Å². The van der Waals surface area contributed by atoms with Gasteiger partial charge in [-0.1, -0.05) is 6.92 Å². The molecule has 0 N–H and O–H groups in total. The smallest absolute Gasteiger partial charge is 0.310 e. The fraction of sp³-hybridized carbons (Fsp3) is 0.800. The van der Waals surface area contributed by atoms with Crippen molar-refractivity contribution in [1.29, 1.82) is 0 Å². The molecule has 1 heterocycles. The molecule has 0 saturated carbocycles. The molecule has 0 aromatic heterocycles. The summed E-state index contributed by atoms with van der Waals surface area (Å²) < 4.78 is 4.67. The van der Waals surface area contributed by atoms with E-state index in [-0.39, 0.29) is 17.8 Å². The quantitative estimate of drug-likeness (QED) is 0.618. The second kappa shape index (κ2) is 4.98. The van der Waals surface area contributed by atoms with Gasteiger partial charge in [-0.2, -0.15) is 0 Å². The molecule has 0 aromatic carbocycles. The molecule has 1 aliphatic heterocycles. The Morgan fingerprint density at radius 3 is 2.79 bits per heavy atom. The lowest BCUT2D eigenvalue weighted by Crippen LogP contribution is -2.42. The number of hydrogen-bond acceptors (Lipinski definition) is 3. The second-order valence-corrected chi connectivity index (χ2v) is 3.56. The summed E-state index contributed by atoms with van der Waals surface area (Å²) in [5.74, 6) is -0.193. The van der Waals surface area contributed by atoms with Gasteiger partial charge in [0.15, 0.2) is 0 Å². The predicted octanol–water partition coefficient (Wildman–Crippen LogP) is 0.808. The highest BCUT2D eigenvalue weighted by molar-refractivity contribution is 5.78. The molecule has 1 amide bonds. The third-order valence-corrected chi connectivity index (χ3v) is 2.61. The van der Waals surface area contributed by atoms with Gasteiger partial charge in [0.05, 0.1) is 13.0 Å². The van der Waals surface area contributed by atoms with E-state index in [0.29, 0.717) is 13.0 Å². The number of hydrogen-bond donors (Lipinski definition) is 0. The van der Waals surface area contributed by atoms with E-state index in [4.69, 9.17) is 0 Å². The summed E-state index contributed by atoms with van der Waals surface area (Å²) in [7, 11) is 1.39. The largest absolute Gasteiger partial charge is 0.469 e. The maximum absolute atomic E-state index is 11.4. The van der Waals surface area contributed by atoms with Gasteiger partial charge in [-0.25, -0.2) is 0 Å². The topological polar surface area (TPSA) is 46.6 Å². The van der Waals surface area contributed by atoms with Gasteiger partial charge in [0.1, 0.15) is 0 Å². The molecule has 1 fully saturated rings. The highest BCUT2D eigenvalue weighted by Crippen LogP contribution is 2.18. The first-order chi connectivity index (χ1) is 6.69. The number of piperidine rings is 1. The SMILES string of the molecule is CCC(=O)N1CCC[C@H](C(=O)OC)C1. The summed E-state index contributed by atoms with van der Waals surface area (Å²) in [4.78, 5) is 24.4. The molecule has 80 valence electrons. The number of carbonyl (C=O) groups excluding carboxylic acids is 2. The van der Waals surface area contributed by atoms with Crippen LogP contribution in [0.2, 0.25) is 0 Å². The van der Waals surface area contributed by atoms with Crippen molar-refractivity contribution in [1.82, 2.24) is 4.90 Å². The van der Waals surface area contributed by atoms with E-state index in [1.807, 2.05) is 6.92 Å². The molecule has 4 heteroatoms. The van der Waals surface area contributed by atoms with Crippen LogP contribution in [-0.2, 0) is 14.3 Å². The molecule has 0 aliphatic carbocycles. The van der Waals surface area contributed by atoms with Crippen LogP contribution >= 0.6 is 0 Å². The van der Waals surface area contributed by atoms with Gasteiger partial charge in [0.25, 0.3) is 0 Å². The highest BCUT2D eigenvalue weighted by Gasteiger charge is 2.28. The Morgan fingerprint density at radius 1 is 1.50 bits per heavy atom. The van der Waals surface area contributed by atoms with Gasteiger partial charge in [0.2, 0.25) is 5.91 Å². The number of rotatable bonds is 2. The lowest BCUT2D eigenvalue weighted by molar-refractivity contribution is -0.148.